The molecule has 0 aromatic carbocycles. The van der Waals surface area contributed by atoms with Crippen LogP contribution in [-0.2, 0) is 0 Å². The second kappa shape index (κ2) is 3.40. The predicted octanol–water partition coefficient (Wildman–Crippen LogP) is 2.19. The van der Waals surface area contributed by atoms with Crippen molar-refractivity contribution in [3.8, 4) is 0 Å². The first-order chi connectivity index (χ1) is 5.47. The maximum atomic E-state index is 2.65. The van der Waals surface area contributed by atoms with E-state index in [1.807, 2.05) is 0 Å². The minimum Gasteiger partial charge on any atom is -0.297 e. The van der Waals surface area contributed by atoms with Crippen LogP contribution >= 0.6 is 0 Å². The minimum absolute atomic E-state index is 0.797. The number of fused-ring (bicyclic) bond motifs is 1. The summed E-state index contributed by atoms with van der Waals surface area (Å²) in [5.74, 6) is 0. The van der Waals surface area contributed by atoms with E-state index >= 15 is 0 Å². The fourth-order valence-corrected chi connectivity index (χ4v) is 2.18. The molecule has 0 aromatic heterocycles. The molecule has 1 atom stereocenters. The Bertz CT molecular complexity index is 151. The van der Waals surface area contributed by atoms with Crippen molar-refractivity contribution in [1.82, 2.24) is 4.90 Å². The summed E-state index contributed by atoms with van der Waals surface area (Å²) in [6.45, 7) is 2.67. The van der Waals surface area contributed by atoms with Crippen molar-refractivity contribution < 1.29 is 0 Å². The van der Waals surface area contributed by atoms with Gasteiger partial charge in [-0.3, -0.25) is 4.90 Å². The van der Waals surface area contributed by atoms with Gasteiger partial charge in [-0.25, -0.2) is 0 Å². The van der Waals surface area contributed by atoms with Crippen LogP contribution in [0.25, 0.3) is 0 Å². The van der Waals surface area contributed by atoms with Gasteiger partial charge in [0.1, 0.15) is 0 Å². The third-order valence-electron chi connectivity index (χ3n) is 2.84. The summed E-state index contributed by atoms with van der Waals surface area (Å²) < 4.78 is 0. The largest absolute Gasteiger partial charge is 0.297 e. The highest BCUT2D eigenvalue weighted by atomic mass is 15.2. The van der Waals surface area contributed by atoms with Crippen LogP contribution in [0.2, 0.25) is 0 Å². The topological polar surface area (TPSA) is 3.24 Å². The van der Waals surface area contributed by atoms with Gasteiger partial charge in [-0.05, 0) is 38.8 Å². The van der Waals surface area contributed by atoms with Gasteiger partial charge in [0.05, 0.1) is 0 Å². The van der Waals surface area contributed by atoms with Crippen LogP contribution in [-0.4, -0.2) is 24.0 Å². The van der Waals surface area contributed by atoms with Crippen molar-refractivity contribution in [2.45, 2.75) is 38.1 Å². The van der Waals surface area contributed by atoms with E-state index in [-0.39, 0.29) is 0 Å². The van der Waals surface area contributed by atoms with Crippen molar-refractivity contribution in [2.24, 2.45) is 0 Å². The first kappa shape index (κ1) is 7.35. The Kier molecular flexibility index (Phi) is 2.27. The number of hydrogen-bond donors (Lipinski definition) is 0. The number of hydrogen-bond acceptors (Lipinski definition) is 1. The zero-order valence-electron chi connectivity index (χ0n) is 7.13. The molecule has 62 valence electrons. The Labute approximate surface area is 69.1 Å². The molecular weight excluding hydrogens is 134 g/mol. The lowest BCUT2D eigenvalue weighted by molar-refractivity contribution is 0.183. The van der Waals surface area contributed by atoms with E-state index in [4.69, 9.17) is 0 Å². The SMILES string of the molecule is C1=CC2CCCCN2CCC1. The average molecular weight is 151 g/mol. The third kappa shape index (κ3) is 1.64. The quantitative estimate of drug-likeness (QED) is 0.480. The van der Waals surface area contributed by atoms with E-state index in [0.717, 1.165) is 6.04 Å². The molecule has 0 amide bonds. The lowest BCUT2D eigenvalue weighted by Gasteiger charge is -2.32. The molecule has 11 heavy (non-hydrogen) atoms. The van der Waals surface area contributed by atoms with Crippen LogP contribution < -0.4 is 0 Å². The van der Waals surface area contributed by atoms with Gasteiger partial charge >= 0.3 is 0 Å². The number of nitrogens with zero attached hydrogens (tertiary/aromatic N) is 1. The monoisotopic (exact) mass is 151 g/mol. The highest BCUT2D eigenvalue weighted by Crippen LogP contribution is 2.20. The van der Waals surface area contributed by atoms with Crippen molar-refractivity contribution in [2.75, 3.05) is 13.1 Å². The van der Waals surface area contributed by atoms with Crippen LogP contribution in [0.4, 0.5) is 0 Å². The molecule has 1 heteroatoms. The molecule has 0 radical (unpaired) electrons. The van der Waals surface area contributed by atoms with Crippen LogP contribution in [0.15, 0.2) is 12.2 Å². The Balaban J connectivity index is 2.02. The second-order valence-corrected chi connectivity index (χ2v) is 3.67. The van der Waals surface area contributed by atoms with Gasteiger partial charge in [-0.1, -0.05) is 18.6 Å². The number of rotatable bonds is 0. The van der Waals surface area contributed by atoms with Crippen molar-refractivity contribution in [3.05, 3.63) is 12.2 Å². The minimum atomic E-state index is 0.797. The van der Waals surface area contributed by atoms with Crippen LogP contribution in [0.5, 0.6) is 0 Å². The van der Waals surface area contributed by atoms with Crippen LogP contribution in [0.1, 0.15) is 32.1 Å². The molecule has 1 saturated heterocycles. The molecule has 0 N–H and O–H groups in total. The lowest BCUT2D eigenvalue weighted by Crippen LogP contribution is -2.37. The second-order valence-electron chi connectivity index (χ2n) is 3.67. The van der Waals surface area contributed by atoms with E-state index in [9.17, 15) is 0 Å². The van der Waals surface area contributed by atoms with Gasteiger partial charge < -0.3 is 0 Å². The van der Waals surface area contributed by atoms with E-state index < -0.39 is 0 Å². The summed E-state index contributed by atoms with van der Waals surface area (Å²) in [4.78, 5) is 2.65. The summed E-state index contributed by atoms with van der Waals surface area (Å²) in [6.07, 6.45) is 11.7. The van der Waals surface area contributed by atoms with Crippen molar-refractivity contribution in [1.29, 1.82) is 0 Å². The zero-order valence-corrected chi connectivity index (χ0v) is 7.13. The third-order valence-corrected chi connectivity index (χ3v) is 2.84. The fraction of sp³-hybridized carbons (Fsp3) is 0.800. The van der Waals surface area contributed by atoms with Crippen LogP contribution in [0, 0.1) is 0 Å². The summed E-state index contributed by atoms with van der Waals surface area (Å²) >= 11 is 0. The molecule has 1 nitrogen and oxygen atoms in total. The van der Waals surface area contributed by atoms with Gasteiger partial charge in [0, 0.05) is 6.04 Å². The normalized spacial score (nSPS) is 32.9. The van der Waals surface area contributed by atoms with E-state index in [1.165, 1.54) is 45.2 Å². The molecule has 2 rings (SSSR count). The first-order valence-electron chi connectivity index (χ1n) is 4.87. The zero-order chi connectivity index (χ0) is 7.52. The summed E-state index contributed by atoms with van der Waals surface area (Å²) in [5.41, 5.74) is 0. The molecule has 0 spiro atoms. The molecule has 0 aliphatic carbocycles. The molecule has 1 unspecified atom stereocenters. The molecule has 0 bridgehead atoms. The standard InChI is InChI=1S/C10H17N/c1-2-6-10-7-3-5-9-11(10)8-4-1/h2,6,10H,1,3-5,7-9H2. The van der Waals surface area contributed by atoms with Crippen LogP contribution in [0.3, 0.4) is 0 Å². The number of piperidine rings is 1. The van der Waals surface area contributed by atoms with Gasteiger partial charge in [-0.2, -0.15) is 0 Å². The van der Waals surface area contributed by atoms with Gasteiger partial charge in [0.25, 0.3) is 0 Å². The van der Waals surface area contributed by atoms with Gasteiger partial charge in [0.2, 0.25) is 0 Å². The van der Waals surface area contributed by atoms with E-state index in [0.29, 0.717) is 0 Å². The Morgan fingerprint density at radius 3 is 3.00 bits per heavy atom. The maximum Gasteiger partial charge on any atom is 0.0278 e. The lowest BCUT2D eigenvalue weighted by atomic mass is 10.0. The Morgan fingerprint density at radius 2 is 2.00 bits per heavy atom. The summed E-state index contributed by atoms with van der Waals surface area (Å²) in [7, 11) is 0. The number of allylic oxidation sites excluding steroid dienone is 1. The Morgan fingerprint density at radius 1 is 1.09 bits per heavy atom. The summed E-state index contributed by atoms with van der Waals surface area (Å²) in [6, 6.07) is 0.797. The molecule has 2 aliphatic rings. The average Bonchev–Trinajstić information content (AvgIpc) is 2.28. The highest BCUT2D eigenvalue weighted by molar-refractivity contribution is 4.98. The highest BCUT2D eigenvalue weighted by Gasteiger charge is 2.20. The molecule has 2 heterocycles. The van der Waals surface area contributed by atoms with Crippen molar-refractivity contribution in [3.63, 3.8) is 0 Å². The molecular formula is C10H17N. The fourth-order valence-electron chi connectivity index (χ4n) is 2.18. The van der Waals surface area contributed by atoms with E-state index in [2.05, 4.69) is 17.1 Å². The molecule has 0 saturated carbocycles. The predicted molar refractivity (Wildman–Crippen MR) is 47.6 cm³/mol. The van der Waals surface area contributed by atoms with Crippen molar-refractivity contribution >= 4 is 0 Å². The maximum absolute atomic E-state index is 2.65. The molecule has 1 fully saturated rings. The van der Waals surface area contributed by atoms with Gasteiger partial charge in [0.15, 0.2) is 0 Å². The smallest absolute Gasteiger partial charge is 0.0278 e. The Hall–Kier alpha value is -0.300. The van der Waals surface area contributed by atoms with Gasteiger partial charge in [-0.15, -0.1) is 0 Å². The molecule has 0 aromatic rings. The summed E-state index contributed by atoms with van der Waals surface area (Å²) in [5, 5.41) is 0. The molecule has 2 aliphatic heterocycles. The first-order valence-corrected chi connectivity index (χ1v) is 4.87. The van der Waals surface area contributed by atoms with E-state index in [1.54, 1.807) is 0 Å².